The van der Waals surface area contributed by atoms with E-state index < -0.39 is 20.3 Å². The Hall–Kier alpha value is -2.54. The number of rotatable bonds is 7. The van der Waals surface area contributed by atoms with Crippen molar-refractivity contribution in [2.45, 2.75) is 65.0 Å². The van der Waals surface area contributed by atoms with E-state index in [1.54, 1.807) is 12.1 Å². The molecule has 4 rings (SSSR count). The van der Waals surface area contributed by atoms with Gasteiger partial charge in [-0.3, -0.25) is 0 Å². The van der Waals surface area contributed by atoms with E-state index in [0.29, 0.717) is 29.1 Å². The van der Waals surface area contributed by atoms with Crippen molar-refractivity contribution in [3.05, 3.63) is 47.5 Å². The minimum atomic E-state index is -1.07. The standard InChI is InChI=1S/C12H18BNO3.C12H14BNO3/c2*1-3-8(2)16-10-6-4-5-9-11(7-14)17-13(15)12(9)10/h4-6,8,11,15H,3,7,14H2,1-2H3;4-6,8,11,15H,3H2,1-2H3. The van der Waals surface area contributed by atoms with Crippen LogP contribution in [0.1, 0.15) is 63.9 Å². The molecule has 10 heteroatoms. The van der Waals surface area contributed by atoms with Gasteiger partial charge in [0.15, 0.2) is 6.10 Å². The van der Waals surface area contributed by atoms with Crippen LogP contribution in [0.3, 0.4) is 0 Å². The number of benzene rings is 2. The number of hydrogen-bond donors (Lipinski definition) is 3. The summed E-state index contributed by atoms with van der Waals surface area (Å²) in [4.78, 5) is 0. The summed E-state index contributed by atoms with van der Waals surface area (Å²) in [5.41, 5.74) is 8.55. The zero-order chi connectivity index (χ0) is 24.8. The molecule has 0 bridgehead atoms. The number of nitrogens with zero attached hydrogens (tertiary/aromatic N) is 1. The van der Waals surface area contributed by atoms with Crippen LogP contribution in [0.15, 0.2) is 36.4 Å². The van der Waals surface area contributed by atoms with E-state index in [-0.39, 0.29) is 18.3 Å². The molecular formula is C24H32B2N2O6. The average molecular weight is 466 g/mol. The fourth-order valence-electron chi connectivity index (χ4n) is 3.82. The maximum absolute atomic E-state index is 9.89. The third kappa shape index (κ3) is 5.57. The molecule has 4 atom stereocenters. The van der Waals surface area contributed by atoms with Gasteiger partial charge in [0.2, 0.25) is 0 Å². The zero-order valence-electron chi connectivity index (χ0n) is 20.1. The SMILES string of the molecule is CCC(C)Oc1cccc2c1B(O)OC2C#N.CCC(C)Oc1cccc2c1B(O)OC2CN. The number of fused-ring (bicyclic) bond motifs is 2. The van der Waals surface area contributed by atoms with Crippen molar-refractivity contribution < 1.29 is 28.8 Å². The van der Waals surface area contributed by atoms with E-state index in [9.17, 15) is 10.0 Å². The first-order chi connectivity index (χ1) is 16.3. The van der Waals surface area contributed by atoms with Crippen molar-refractivity contribution in [2.24, 2.45) is 5.73 Å². The Morgan fingerprint density at radius 1 is 0.941 bits per heavy atom. The molecule has 34 heavy (non-hydrogen) atoms. The normalized spacial score (nSPS) is 19.9. The van der Waals surface area contributed by atoms with Crippen LogP contribution in [0, 0.1) is 11.3 Å². The Morgan fingerprint density at radius 3 is 1.94 bits per heavy atom. The Labute approximate surface area is 201 Å². The smallest absolute Gasteiger partial charge is 0.491 e. The van der Waals surface area contributed by atoms with Gasteiger partial charge in [-0.05, 0) is 49.9 Å². The number of hydrogen-bond acceptors (Lipinski definition) is 8. The van der Waals surface area contributed by atoms with Gasteiger partial charge in [-0.1, -0.05) is 38.1 Å². The number of nitrogens with two attached hydrogens (primary N) is 1. The molecule has 2 aromatic rings. The van der Waals surface area contributed by atoms with Crippen LogP contribution in [0.25, 0.3) is 0 Å². The molecule has 2 aliphatic rings. The molecule has 2 aliphatic heterocycles. The van der Waals surface area contributed by atoms with Crippen molar-refractivity contribution in [3.8, 4) is 17.6 Å². The molecule has 8 nitrogen and oxygen atoms in total. The van der Waals surface area contributed by atoms with Gasteiger partial charge in [-0.25, -0.2) is 0 Å². The highest BCUT2D eigenvalue weighted by molar-refractivity contribution is 6.63. The van der Waals surface area contributed by atoms with Crippen molar-refractivity contribution >= 4 is 25.2 Å². The summed E-state index contributed by atoms with van der Waals surface area (Å²) in [5, 5.41) is 28.6. The van der Waals surface area contributed by atoms with Gasteiger partial charge in [-0.15, -0.1) is 0 Å². The van der Waals surface area contributed by atoms with Gasteiger partial charge in [0.25, 0.3) is 0 Å². The summed E-state index contributed by atoms with van der Waals surface area (Å²) in [6, 6.07) is 13.1. The first kappa shape index (κ1) is 26.1. The Bertz CT molecular complexity index is 1020. The summed E-state index contributed by atoms with van der Waals surface area (Å²) < 4.78 is 22.0. The molecule has 0 radical (unpaired) electrons. The summed E-state index contributed by atoms with van der Waals surface area (Å²) in [6.07, 6.45) is 1.03. The molecule has 0 fully saturated rings. The van der Waals surface area contributed by atoms with Gasteiger partial charge >= 0.3 is 14.2 Å². The Morgan fingerprint density at radius 2 is 1.44 bits per heavy atom. The lowest BCUT2D eigenvalue weighted by molar-refractivity contribution is 0.197. The highest BCUT2D eigenvalue weighted by atomic mass is 16.5. The summed E-state index contributed by atoms with van der Waals surface area (Å²) in [7, 11) is -2.01. The third-order valence-electron chi connectivity index (χ3n) is 6.02. The largest absolute Gasteiger partial charge is 0.496 e. The maximum atomic E-state index is 9.89. The number of nitriles is 1. The van der Waals surface area contributed by atoms with Crippen molar-refractivity contribution in [1.82, 2.24) is 0 Å². The summed E-state index contributed by atoms with van der Waals surface area (Å²) >= 11 is 0. The molecule has 4 N–H and O–H groups in total. The highest BCUT2D eigenvalue weighted by Gasteiger charge is 2.38. The second-order valence-corrected chi connectivity index (χ2v) is 8.40. The van der Waals surface area contributed by atoms with E-state index in [4.69, 9.17) is 29.8 Å². The van der Waals surface area contributed by atoms with Crippen LogP contribution >= 0.6 is 0 Å². The van der Waals surface area contributed by atoms with Crippen molar-refractivity contribution in [3.63, 3.8) is 0 Å². The van der Waals surface area contributed by atoms with E-state index in [1.165, 1.54) is 0 Å². The highest BCUT2D eigenvalue weighted by Crippen LogP contribution is 2.28. The first-order valence-electron chi connectivity index (χ1n) is 11.7. The summed E-state index contributed by atoms with van der Waals surface area (Å²) in [5.74, 6) is 1.29. The Kier molecular flexibility index (Phi) is 9.00. The van der Waals surface area contributed by atoms with Gasteiger partial charge in [0.05, 0.1) is 24.4 Å². The van der Waals surface area contributed by atoms with Crippen LogP contribution in [0.5, 0.6) is 11.5 Å². The molecule has 2 aromatic carbocycles. The van der Waals surface area contributed by atoms with Gasteiger partial charge in [-0.2, -0.15) is 5.26 Å². The molecular weight excluding hydrogens is 434 g/mol. The fraction of sp³-hybridized carbons (Fsp3) is 0.458. The molecule has 0 aromatic heterocycles. The predicted octanol–water partition coefficient (Wildman–Crippen LogP) is 1.73. The molecule has 180 valence electrons. The number of ether oxygens (including phenoxy) is 2. The molecule has 0 spiro atoms. The van der Waals surface area contributed by atoms with Crippen LogP contribution < -0.4 is 26.1 Å². The van der Waals surface area contributed by atoms with Gasteiger partial charge in [0.1, 0.15) is 11.5 Å². The van der Waals surface area contributed by atoms with E-state index in [0.717, 1.165) is 23.9 Å². The van der Waals surface area contributed by atoms with Crippen LogP contribution in [0.2, 0.25) is 0 Å². The first-order valence-corrected chi connectivity index (χ1v) is 11.7. The zero-order valence-corrected chi connectivity index (χ0v) is 20.1. The van der Waals surface area contributed by atoms with Crippen LogP contribution in [0.4, 0.5) is 0 Å². The third-order valence-corrected chi connectivity index (χ3v) is 6.02. The molecule has 0 aliphatic carbocycles. The molecule has 0 saturated carbocycles. The van der Waals surface area contributed by atoms with E-state index in [1.807, 2.05) is 51.1 Å². The summed E-state index contributed by atoms with van der Waals surface area (Å²) in [6.45, 7) is 8.41. The minimum Gasteiger partial charge on any atom is -0.491 e. The van der Waals surface area contributed by atoms with Gasteiger partial charge in [0, 0.05) is 17.5 Å². The monoisotopic (exact) mass is 466 g/mol. The lowest BCUT2D eigenvalue weighted by Crippen LogP contribution is -2.31. The van der Waals surface area contributed by atoms with E-state index in [2.05, 4.69) is 6.92 Å². The minimum absolute atomic E-state index is 0.0647. The lowest BCUT2D eigenvalue weighted by atomic mass is 9.78. The molecule has 4 unspecified atom stereocenters. The topological polar surface area (TPSA) is 127 Å². The van der Waals surface area contributed by atoms with Crippen LogP contribution in [-0.2, 0) is 9.31 Å². The Balaban J connectivity index is 0.000000191. The van der Waals surface area contributed by atoms with Crippen molar-refractivity contribution in [1.29, 1.82) is 5.26 Å². The lowest BCUT2D eigenvalue weighted by Gasteiger charge is -2.15. The molecule has 0 saturated heterocycles. The van der Waals surface area contributed by atoms with Gasteiger partial charge < -0.3 is 34.6 Å². The molecule has 0 amide bonds. The second-order valence-electron chi connectivity index (χ2n) is 8.40. The maximum Gasteiger partial charge on any atom is 0.496 e. The van der Waals surface area contributed by atoms with E-state index >= 15 is 0 Å². The fourth-order valence-corrected chi connectivity index (χ4v) is 3.82. The quantitative estimate of drug-likeness (QED) is 0.527. The average Bonchev–Trinajstić information content (AvgIpc) is 3.36. The van der Waals surface area contributed by atoms with Crippen molar-refractivity contribution in [2.75, 3.05) is 6.54 Å². The predicted molar refractivity (Wildman–Crippen MR) is 131 cm³/mol. The second kappa shape index (κ2) is 11.7. The van der Waals surface area contributed by atoms with Crippen LogP contribution in [-0.4, -0.2) is 43.0 Å². The molecule has 2 heterocycles.